The molecular weight excluding hydrogens is 560 g/mol. The van der Waals surface area contributed by atoms with Crippen molar-refractivity contribution in [2.24, 2.45) is 0 Å². The predicted molar refractivity (Wildman–Crippen MR) is 191 cm³/mol. The molecule has 0 fully saturated rings. The Kier molecular flexibility index (Phi) is 6.17. The summed E-state index contributed by atoms with van der Waals surface area (Å²) in [6.45, 7) is 12.7. The lowest BCUT2D eigenvalue weighted by atomic mass is 9.97. The zero-order valence-electron chi connectivity index (χ0n) is 27.0. The minimum atomic E-state index is 0.613. The fourth-order valence-corrected chi connectivity index (χ4v) is 7.30. The van der Waals surface area contributed by atoms with E-state index >= 15 is 0 Å². The Morgan fingerprint density at radius 2 is 0.826 bits per heavy atom. The van der Waals surface area contributed by atoms with E-state index in [4.69, 9.17) is 4.98 Å². The molecule has 0 radical (unpaired) electrons. The number of nitrogens with zero attached hydrogens (tertiary/aromatic N) is 4. The van der Waals surface area contributed by atoms with E-state index in [1.165, 1.54) is 43.8 Å². The van der Waals surface area contributed by atoms with Crippen LogP contribution in [0.1, 0.15) is 39.2 Å². The van der Waals surface area contributed by atoms with Crippen LogP contribution in [0.25, 0.3) is 66.1 Å². The fraction of sp³-hybridized carbons (Fsp3) is 0.143. The largest absolute Gasteiger partial charge is 0.308 e. The average Bonchev–Trinajstić information content (AvgIpc) is 3.50. The summed E-state index contributed by atoms with van der Waals surface area (Å²) in [5, 5.41) is 15.4. The van der Waals surface area contributed by atoms with Gasteiger partial charge in [-0.15, -0.1) is 0 Å². The third-order valence-corrected chi connectivity index (χ3v) is 9.23. The molecule has 0 N–H and O–H groups in total. The lowest BCUT2D eigenvalue weighted by Crippen LogP contribution is -2.06. The summed E-state index contributed by atoms with van der Waals surface area (Å²) < 4.78 is 4.75. The van der Waals surface area contributed by atoms with Gasteiger partial charge in [0.15, 0.2) is 0 Å². The summed E-state index contributed by atoms with van der Waals surface area (Å²) in [6.07, 6.45) is 0. The molecule has 0 spiro atoms. The SMILES string of the molecule is Cc1ccc2c3ccc(C)cc3n(-c3cc(C#N)cc(-n4c5cc(C)ccc5c5ccc(C)cc54)c3-c3cc(C)nc(C)c3)c2c1. The van der Waals surface area contributed by atoms with Gasteiger partial charge in [0.1, 0.15) is 0 Å². The summed E-state index contributed by atoms with van der Waals surface area (Å²) in [7, 11) is 0. The minimum absolute atomic E-state index is 0.613. The average molecular weight is 595 g/mol. The van der Waals surface area contributed by atoms with Crippen LogP contribution in [0, 0.1) is 52.9 Å². The van der Waals surface area contributed by atoms with Crippen LogP contribution in [0.4, 0.5) is 0 Å². The normalized spacial score (nSPS) is 11.7. The Hall–Kier alpha value is -5.66. The monoisotopic (exact) mass is 594 g/mol. The molecule has 0 aliphatic heterocycles. The van der Waals surface area contributed by atoms with Gasteiger partial charge in [0.25, 0.3) is 0 Å². The first-order valence-electron chi connectivity index (χ1n) is 15.8. The molecular formula is C42H34N4. The van der Waals surface area contributed by atoms with Gasteiger partial charge < -0.3 is 9.13 Å². The highest BCUT2D eigenvalue weighted by molar-refractivity contribution is 6.12. The molecule has 0 bridgehead atoms. The molecule has 0 aliphatic rings. The standard InChI is InChI=1S/C42H34N4/c1-24-7-11-32-33-12-8-25(2)16-37(33)45(36(32)15-24)40-21-30(23-43)22-41(42(40)31-19-28(5)44-29(6)20-31)46-38-17-26(3)9-13-34(38)35-14-10-27(4)18-39(35)46/h7-22H,1-6H3. The number of pyridine rings is 1. The zero-order chi connectivity index (χ0) is 31.9. The van der Waals surface area contributed by atoms with Crippen molar-refractivity contribution in [1.29, 1.82) is 5.26 Å². The molecule has 3 heterocycles. The van der Waals surface area contributed by atoms with E-state index in [-0.39, 0.29) is 0 Å². The second-order valence-electron chi connectivity index (χ2n) is 12.9. The summed E-state index contributed by atoms with van der Waals surface area (Å²) >= 11 is 0. The van der Waals surface area contributed by atoms with Gasteiger partial charge in [-0.3, -0.25) is 4.98 Å². The first-order chi connectivity index (χ1) is 22.2. The lowest BCUT2D eigenvalue weighted by Gasteiger charge is -2.21. The molecule has 4 nitrogen and oxygen atoms in total. The van der Waals surface area contributed by atoms with Crippen LogP contribution in [0.15, 0.2) is 97.1 Å². The topological polar surface area (TPSA) is 46.5 Å². The fourth-order valence-electron chi connectivity index (χ4n) is 7.30. The van der Waals surface area contributed by atoms with Crippen molar-refractivity contribution in [2.45, 2.75) is 41.5 Å². The number of hydrogen-bond donors (Lipinski definition) is 0. The van der Waals surface area contributed by atoms with Crippen molar-refractivity contribution in [3.05, 3.63) is 136 Å². The zero-order valence-corrected chi connectivity index (χ0v) is 27.0. The molecule has 222 valence electrons. The van der Waals surface area contributed by atoms with Crippen molar-refractivity contribution in [2.75, 3.05) is 0 Å². The van der Waals surface area contributed by atoms with E-state index in [0.717, 1.165) is 56.0 Å². The van der Waals surface area contributed by atoms with Crippen molar-refractivity contribution >= 4 is 43.6 Å². The molecule has 8 rings (SSSR count). The molecule has 8 aromatic rings. The van der Waals surface area contributed by atoms with Gasteiger partial charge in [-0.2, -0.15) is 5.26 Å². The van der Waals surface area contributed by atoms with Crippen molar-refractivity contribution in [3.8, 4) is 28.6 Å². The first-order valence-corrected chi connectivity index (χ1v) is 15.8. The van der Waals surface area contributed by atoms with Crippen LogP contribution in [0.3, 0.4) is 0 Å². The Morgan fingerprint density at radius 3 is 1.15 bits per heavy atom. The Morgan fingerprint density at radius 1 is 0.478 bits per heavy atom. The summed E-state index contributed by atoms with van der Waals surface area (Å²) in [5.74, 6) is 0. The highest BCUT2D eigenvalue weighted by atomic mass is 15.0. The van der Waals surface area contributed by atoms with Gasteiger partial charge in [0.05, 0.1) is 45.1 Å². The second-order valence-corrected chi connectivity index (χ2v) is 12.9. The highest BCUT2D eigenvalue weighted by Gasteiger charge is 2.24. The number of benzene rings is 5. The van der Waals surface area contributed by atoms with Crippen LogP contribution < -0.4 is 0 Å². The smallest absolute Gasteiger partial charge is 0.0993 e. The molecule has 0 saturated heterocycles. The molecule has 46 heavy (non-hydrogen) atoms. The highest BCUT2D eigenvalue weighted by Crippen LogP contribution is 2.43. The summed E-state index contributed by atoms with van der Waals surface area (Å²) in [4.78, 5) is 4.76. The maximum atomic E-state index is 10.6. The van der Waals surface area contributed by atoms with E-state index in [1.807, 2.05) is 0 Å². The number of aromatic nitrogens is 3. The Balaban J connectivity index is 1.64. The third-order valence-electron chi connectivity index (χ3n) is 9.23. The molecule has 4 heteroatoms. The number of hydrogen-bond acceptors (Lipinski definition) is 2. The third kappa shape index (κ3) is 4.24. The second kappa shape index (κ2) is 10.2. The van der Waals surface area contributed by atoms with Gasteiger partial charge in [-0.05, 0) is 118 Å². The quantitative estimate of drug-likeness (QED) is 0.204. The van der Waals surface area contributed by atoms with Crippen LogP contribution in [0.2, 0.25) is 0 Å². The molecule has 0 amide bonds. The molecule has 0 atom stereocenters. The van der Waals surface area contributed by atoms with Crippen LogP contribution >= 0.6 is 0 Å². The summed E-state index contributed by atoms with van der Waals surface area (Å²) in [5.41, 5.74) is 15.9. The van der Waals surface area contributed by atoms with Crippen molar-refractivity contribution in [3.63, 3.8) is 0 Å². The Bertz CT molecular complexity index is 2320. The van der Waals surface area contributed by atoms with Crippen LogP contribution in [0.5, 0.6) is 0 Å². The number of fused-ring (bicyclic) bond motifs is 6. The predicted octanol–water partition coefficient (Wildman–Crippen LogP) is 10.7. The summed E-state index contributed by atoms with van der Waals surface area (Å²) in [6, 6.07) is 37.7. The number of aryl methyl sites for hydroxylation is 6. The molecule has 3 aromatic heterocycles. The van der Waals surface area contributed by atoms with Crippen LogP contribution in [-0.2, 0) is 0 Å². The number of nitriles is 1. The van der Waals surface area contributed by atoms with E-state index in [2.05, 4.69) is 154 Å². The molecule has 0 saturated carbocycles. The van der Waals surface area contributed by atoms with Gasteiger partial charge >= 0.3 is 0 Å². The van der Waals surface area contributed by atoms with Crippen LogP contribution in [-0.4, -0.2) is 14.1 Å². The maximum absolute atomic E-state index is 10.6. The van der Waals surface area contributed by atoms with Crippen molar-refractivity contribution in [1.82, 2.24) is 14.1 Å². The molecule has 0 aliphatic carbocycles. The van der Waals surface area contributed by atoms with E-state index in [1.54, 1.807) is 0 Å². The van der Waals surface area contributed by atoms with E-state index in [9.17, 15) is 5.26 Å². The molecule has 0 unspecified atom stereocenters. The molecule has 5 aromatic carbocycles. The van der Waals surface area contributed by atoms with E-state index in [0.29, 0.717) is 5.56 Å². The lowest BCUT2D eigenvalue weighted by molar-refractivity contribution is 1.11. The van der Waals surface area contributed by atoms with Gasteiger partial charge in [0, 0.05) is 38.5 Å². The van der Waals surface area contributed by atoms with Crippen molar-refractivity contribution < 1.29 is 0 Å². The van der Waals surface area contributed by atoms with Gasteiger partial charge in [0.2, 0.25) is 0 Å². The van der Waals surface area contributed by atoms with E-state index < -0.39 is 0 Å². The first kappa shape index (κ1) is 27.9. The Labute approximate surface area is 268 Å². The van der Waals surface area contributed by atoms with Gasteiger partial charge in [-0.1, -0.05) is 48.5 Å². The maximum Gasteiger partial charge on any atom is 0.0993 e. The number of rotatable bonds is 3. The van der Waals surface area contributed by atoms with Gasteiger partial charge in [-0.25, -0.2) is 0 Å². The minimum Gasteiger partial charge on any atom is -0.308 e.